The van der Waals surface area contributed by atoms with Crippen molar-refractivity contribution in [1.82, 2.24) is 4.68 Å². The van der Waals surface area contributed by atoms with E-state index in [1.165, 1.54) is 0 Å². The van der Waals surface area contributed by atoms with Crippen molar-refractivity contribution < 1.29 is 4.79 Å². The van der Waals surface area contributed by atoms with Crippen molar-refractivity contribution in [1.29, 1.82) is 0 Å². The van der Waals surface area contributed by atoms with Crippen LogP contribution in [-0.4, -0.2) is 10.6 Å². The van der Waals surface area contributed by atoms with Crippen LogP contribution in [0.3, 0.4) is 0 Å². The van der Waals surface area contributed by atoms with E-state index in [4.69, 9.17) is 34.8 Å². The molecule has 0 aliphatic heterocycles. The molecule has 26 heavy (non-hydrogen) atoms. The molecule has 1 heterocycles. The van der Waals surface area contributed by atoms with Gasteiger partial charge >= 0.3 is 0 Å². The number of nitrogens with zero attached hydrogens (tertiary/aromatic N) is 2. The van der Waals surface area contributed by atoms with E-state index < -0.39 is 0 Å². The zero-order valence-electron chi connectivity index (χ0n) is 14.3. The molecule has 3 rings (SSSR count). The molecular formula is C20H17Cl3N2O. The summed E-state index contributed by atoms with van der Waals surface area (Å²) >= 11 is 18.6. The third kappa shape index (κ3) is 3.75. The lowest BCUT2D eigenvalue weighted by atomic mass is 10.1. The Morgan fingerprint density at radius 3 is 2.19 bits per heavy atom. The van der Waals surface area contributed by atoms with Gasteiger partial charge in [-0.2, -0.15) is 0 Å². The molecule has 0 spiro atoms. The standard InChI is InChI=1S/C20H17Cl3N2O/c1-13-7-8-14(2)25(13)24(12-15-5-3-4-6-18(15)22)20(26)17-10-9-16(21)11-19(17)23/h3-11H,12H2,1-2H3. The molecule has 3 aromatic rings. The number of hydrogen-bond acceptors (Lipinski definition) is 1. The van der Waals surface area contributed by atoms with E-state index >= 15 is 0 Å². The first-order valence-electron chi connectivity index (χ1n) is 8.04. The number of benzene rings is 2. The number of aromatic nitrogens is 1. The van der Waals surface area contributed by atoms with Crippen molar-refractivity contribution in [3.8, 4) is 0 Å². The molecule has 2 aromatic carbocycles. The maximum atomic E-state index is 13.3. The van der Waals surface area contributed by atoms with Crippen LogP contribution in [0.4, 0.5) is 0 Å². The molecule has 0 unspecified atom stereocenters. The van der Waals surface area contributed by atoms with Crippen LogP contribution in [0.1, 0.15) is 27.3 Å². The highest BCUT2D eigenvalue weighted by molar-refractivity contribution is 6.37. The van der Waals surface area contributed by atoms with Crippen LogP contribution in [0.25, 0.3) is 0 Å². The van der Waals surface area contributed by atoms with Crippen molar-refractivity contribution in [3.63, 3.8) is 0 Å². The molecule has 134 valence electrons. The molecule has 6 heteroatoms. The first-order valence-corrected chi connectivity index (χ1v) is 9.17. The van der Waals surface area contributed by atoms with E-state index in [0.29, 0.717) is 27.2 Å². The van der Waals surface area contributed by atoms with E-state index in [2.05, 4.69) is 0 Å². The second-order valence-electron chi connectivity index (χ2n) is 6.01. The molecule has 0 aliphatic rings. The fourth-order valence-corrected chi connectivity index (χ4v) is 3.55. The lowest BCUT2D eigenvalue weighted by Crippen LogP contribution is -2.41. The molecule has 0 N–H and O–H groups in total. The highest BCUT2D eigenvalue weighted by Gasteiger charge is 2.23. The summed E-state index contributed by atoms with van der Waals surface area (Å²) < 4.78 is 1.87. The number of rotatable bonds is 4. The summed E-state index contributed by atoms with van der Waals surface area (Å²) in [6.45, 7) is 4.21. The molecule has 0 saturated heterocycles. The minimum absolute atomic E-state index is 0.228. The summed E-state index contributed by atoms with van der Waals surface area (Å²) in [7, 11) is 0. The molecule has 3 nitrogen and oxygen atoms in total. The van der Waals surface area contributed by atoms with Crippen molar-refractivity contribution in [2.75, 3.05) is 5.01 Å². The molecule has 1 aromatic heterocycles. The molecule has 0 bridgehead atoms. The minimum atomic E-state index is -0.228. The van der Waals surface area contributed by atoms with Crippen LogP contribution in [0.5, 0.6) is 0 Å². The molecule has 0 atom stereocenters. The third-order valence-corrected chi connectivity index (χ3v) is 5.07. The Bertz CT molecular complexity index is 946. The Labute approximate surface area is 167 Å². The number of hydrogen-bond donors (Lipinski definition) is 0. The fraction of sp³-hybridized carbons (Fsp3) is 0.150. The van der Waals surface area contributed by atoms with Gasteiger partial charge in [0.2, 0.25) is 0 Å². The SMILES string of the molecule is Cc1ccc(C)n1N(Cc1ccccc1Cl)C(=O)c1ccc(Cl)cc1Cl. The van der Waals surface area contributed by atoms with E-state index in [9.17, 15) is 4.79 Å². The molecule has 0 fully saturated rings. The van der Waals surface area contributed by atoms with Crippen molar-refractivity contribution >= 4 is 40.7 Å². The summed E-state index contributed by atoms with van der Waals surface area (Å²) in [5, 5.41) is 3.04. The van der Waals surface area contributed by atoms with E-state index in [1.54, 1.807) is 23.2 Å². The average Bonchev–Trinajstić information content (AvgIpc) is 2.92. The van der Waals surface area contributed by atoms with Gasteiger partial charge in [0.1, 0.15) is 0 Å². The number of aryl methyl sites for hydroxylation is 2. The van der Waals surface area contributed by atoms with Crippen molar-refractivity contribution in [3.05, 3.63) is 92.2 Å². The first-order chi connectivity index (χ1) is 12.4. The Kier molecular flexibility index (Phi) is 5.61. The predicted molar refractivity (Wildman–Crippen MR) is 108 cm³/mol. The van der Waals surface area contributed by atoms with Crippen LogP contribution in [0.15, 0.2) is 54.6 Å². The lowest BCUT2D eigenvalue weighted by Gasteiger charge is -2.28. The van der Waals surface area contributed by atoms with Gasteiger partial charge in [0.15, 0.2) is 0 Å². The van der Waals surface area contributed by atoms with Gasteiger partial charge in [0, 0.05) is 21.4 Å². The summed E-state index contributed by atoms with van der Waals surface area (Å²) in [4.78, 5) is 13.3. The molecule has 1 amide bonds. The average molecular weight is 408 g/mol. The summed E-state index contributed by atoms with van der Waals surface area (Å²) in [5.41, 5.74) is 3.11. The van der Waals surface area contributed by atoms with Crippen LogP contribution in [-0.2, 0) is 6.54 Å². The maximum absolute atomic E-state index is 13.3. The van der Waals surface area contributed by atoms with E-state index in [0.717, 1.165) is 17.0 Å². The highest BCUT2D eigenvalue weighted by atomic mass is 35.5. The Morgan fingerprint density at radius 1 is 0.923 bits per heavy atom. The monoisotopic (exact) mass is 406 g/mol. The minimum Gasteiger partial charge on any atom is -0.267 e. The third-order valence-electron chi connectivity index (χ3n) is 4.15. The van der Waals surface area contributed by atoms with Gasteiger partial charge in [-0.25, -0.2) is 5.01 Å². The summed E-state index contributed by atoms with van der Waals surface area (Å²) in [5.74, 6) is -0.228. The second kappa shape index (κ2) is 7.75. The van der Waals surface area contributed by atoms with Crippen molar-refractivity contribution in [2.45, 2.75) is 20.4 Å². The summed E-state index contributed by atoms with van der Waals surface area (Å²) in [6.07, 6.45) is 0. The number of carbonyl (C=O) groups is 1. The zero-order valence-corrected chi connectivity index (χ0v) is 16.6. The van der Waals surface area contributed by atoms with Crippen LogP contribution in [0.2, 0.25) is 15.1 Å². The lowest BCUT2D eigenvalue weighted by molar-refractivity contribution is 0.0954. The maximum Gasteiger partial charge on any atom is 0.274 e. The molecule has 0 aliphatic carbocycles. The van der Waals surface area contributed by atoms with Gasteiger partial charge in [0.25, 0.3) is 5.91 Å². The predicted octanol–water partition coefficient (Wildman–Crippen LogP) is 6.04. The van der Waals surface area contributed by atoms with Gasteiger partial charge in [-0.3, -0.25) is 9.47 Å². The van der Waals surface area contributed by atoms with Crippen LogP contribution in [0, 0.1) is 13.8 Å². The quantitative estimate of drug-likeness (QED) is 0.517. The van der Waals surface area contributed by atoms with Gasteiger partial charge in [0.05, 0.1) is 17.1 Å². The van der Waals surface area contributed by atoms with Crippen molar-refractivity contribution in [2.24, 2.45) is 0 Å². The van der Waals surface area contributed by atoms with E-state index in [1.807, 2.05) is 54.9 Å². The topological polar surface area (TPSA) is 25.2 Å². The van der Waals surface area contributed by atoms with Gasteiger partial charge in [-0.15, -0.1) is 0 Å². The normalized spacial score (nSPS) is 10.8. The molecular weight excluding hydrogens is 391 g/mol. The summed E-state index contributed by atoms with van der Waals surface area (Å²) in [6, 6.07) is 16.3. The van der Waals surface area contributed by atoms with Crippen LogP contribution < -0.4 is 5.01 Å². The Morgan fingerprint density at radius 2 is 1.58 bits per heavy atom. The number of halogens is 3. The fourth-order valence-electron chi connectivity index (χ4n) is 2.86. The highest BCUT2D eigenvalue weighted by Crippen LogP contribution is 2.25. The number of carbonyl (C=O) groups excluding carboxylic acids is 1. The van der Waals surface area contributed by atoms with Gasteiger partial charge in [-0.1, -0.05) is 53.0 Å². The smallest absolute Gasteiger partial charge is 0.267 e. The number of amides is 1. The Balaban J connectivity index is 2.08. The zero-order chi connectivity index (χ0) is 18.8. The van der Waals surface area contributed by atoms with E-state index in [-0.39, 0.29) is 5.91 Å². The van der Waals surface area contributed by atoms with Gasteiger partial charge in [-0.05, 0) is 55.8 Å². The largest absolute Gasteiger partial charge is 0.274 e. The molecule has 0 radical (unpaired) electrons. The van der Waals surface area contributed by atoms with Gasteiger partial charge < -0.3 is 0 Å². The van der Waals surface area contributed by atoms with Crippen LogP contribution >= 0.6 is 34.8 Å². The Hall–Kier alpha value is -1.94. The first kappa shape index (κ1) is 18.8. The second-order valence-corrected chi connectivity index (χ2v) is 7.26. The molecule has 0 saturated carbocycles.